The summed E-state index contributed by atoms with van der Waals surface area (Å²) < 4.78 is 10.0. The molecule has 5 nitrogen and oxygen atoms in total. The average Bonchev–Trinajstić information content (AvgIpc) is 2.91. The highest BCUT2D eigenvalue weighted by Crippen LogP contribution is 2.43. The van der Waals surface area contributed by atoms with Gasteiger partial charge in [0.25, 0.3) is 6.47 Å². The summed E-state index contributed by atoms with van der Waals surface area (Å²) in [6.07, 6.45) is 7.31. The Hall–Kier alpha value is -1.75. The maximum atomic E-state index is 8.36. The largest absolute Gasteiger partial charge is 0.493 e. The van der Waals surface area contributed by atoms with Crippen LogP contribution in [-0.4, -0.2) is 49.8 Å². The van der Waals surface area contributed by atoms with Crippen LogP contribution in [0.5, 0.6) is 11.5 Å². The van der Waals surface area contributed by atoms with Crippen molar-refractivity contribution in [2.45, 2.75) is 44.6 Å². The lowest BCUT2D eigenvalue weighted by molar-refractivity contribution is -0.122. The molecule has 0 bridgehead atoms. The fourth-order valence-electron chi connectivity index (χ4n) is 3.74. The molecule has 1 aromatic carbocycles. The second-order valence-corrected chi connectivity index (χ2v) is 6.47. The van der Waals surface area contributed by atoms with Crippen LogP contribution in [0.4, 0.5) is 0 Å². The minimum absolute atomic E-state index is 0. The first-order valence-electron chi connectivity index (χ1n) is 8.49. The molecule has 2 aliphatic rings. The molecule has 2 unspecified atom stereocenters. The number of carbonyl (C=O) groups is 1. The predicted octanol–water partition coefficient (Wildman–Crippen LogP) is 3.92. The number of benzene rings is 1. The van der Waals surface area contributed by atoms with Crippen LogP contribution in [0.15, 0.2) is 24.3 Å². The van der Waals surface area contributed by atoms with E-state index in [1.54, 1.807) is 14.2 Å². The molecule has 0 amide bonds. The zero-order valence-corrected chi connectivity index (χ0v) is 15.3. The second kappa shape index (κ2) is 10.2. The zero-order valence-electron chi connectivity index (χ0n) is 15.3. The van der Waals surface area contributed by atoms with Crippen molar-refractivity contribution in [3.63, 3.8) is 0 Å². The maximum absolute atomic E-state index is 8.36. The van der Waals surface area contributed by atoms with Gasteiger partial charge in [0, 0.05) is 6.97 Å². The van der Waals surface area contributed by atoms with E-state index in [0.29, 0.717) is 5.54 Å². The smallest absolute Gasteiger partial charge is 0.290 e. The molecule has 0 radical (unpaired) electrons. The maximum Gasteiger partial charge on any atom is 0.290 e. The van der Waals surface area contributed by atoms with Gasteiger partial charge in [-0.1, -0.05) is 25.0 Å². The van der Waals surface area contributed by atoms with E-state index < -0.39 is 0 Å². The summed E-state index contributed by atoms with van der Waals surface area (Å²) in [6, 6.07) is 7.53. The third-order valence-electron chi connectivity index (χ3n) is 5.34. The molecule has 138 valence electrons. The van der Waals surface area contributed by atoms with E-state index in [1.165, 1.54) is 38.6 Å². The zero-order chi connectivity index (χ0) is 18.0. The van der Waals surface area contributed by atoms with Crippen molar-refractivity contribution in [3.05, 3.63) is 24.3 Å². The number of likely N-dealkylation sites (tertiary alicyclic amines) is 1. The molecule has 1 saturated heterocycles. The third-order valence-corrected chi connectivity index (χ3v) is 5.34. The van der Waals surface area contributed by atoms with Crippen LogP contribution in [0, 0.1) is 5.92 Å². The number of ether oxygens (including phenoxy) is 2. The Kier molecular flexibility index (Phi) is 8.61. The van der Waals surface area contributed by atoms with E-state index >= 15 is 0 Å². The van der Waals surface area contributed by atoms with Crippen molar-refractivity contribution in [2.24, 2.45) is 5.92 Å². The molecular weight excluding hydrogens is 306 g/mol. The van der Waals surface area contributed by atoms with Crippen molar-refractivity contribution >= 4 is 6.47 Å². The van der Waals surface area contributed by atoms with Gasteiger partial charge in [-0.2, -0.15) is 0 Å². The minimum Gasteiger partial charge on any atom is -0.493 e. The van der Waals surface area contributed by atoms with Crippen molar-refractivity contribution in [1.29, 1.82) is 0 Å². The quantitative estimate of drug-likeness (QED) is 0.828. The molecule has 1 saturated carbocycles. The van der Waals surface area contributed by atoms with Gasteiger partial charge in [0.15, 0.2) is 11.5 Å². The van der Waals surface area contributed by atoms with Crippen LogP contribution in [0.1, 0.15) is 40.5 Å². The summed E-state index contributed by atoms with van der Waals surface area (Å²) in [5.74, 6) is 2.55. The van der Waals surface area contributed by atoms with Gasteiger partial charge in [-0.15, -0.1) is 0 Å². The van der Waals surface area contributed by atoms with Gasteiger partial charge in [-0.05, 0) is 57.8 Å². The highest BCUT2D eigenvalue weighted by atomic mass is 16.5. The van der Waals surface area contributed by atoms with Gasteiger partial charge < -0.3 is 19.5 Å². The number of fused-ring (bicyclic) bond motifs is 1. The molecule has 1 N–H and O–H groups in total. The Bertz CT molecular complexity index is 475. The Morgan fingerprint density at radius 2 is 1.75 bits per heavy atom. The first-order valence-corrected chi connectivity index (χ1v) is 8.49. The first-order chi connectivity index (χ1) is 11.5. The van der Waals surface area contributed by atoms with E-state index in [1.807, 2.05) is 24.3 Å². The summed E-state index contributed by atoms with van der Waals surface area (Å²) in [5, 5.41) is 6.89. The predicted molar refractivity (Wildman–Crippen MR) is 98.0 cm³/mol. The lowest BCUT2D eigenvalue weighted by Crippen LogP contribution is -2.44. The molecule has 2 fully saturated rings. The minimum atomic E-state index is -0.250. The lowest BCUT2D eigenvalue weighted by Gasteiger charge is -2.41. The van der Waals surface area contributed by atoms with Gasteiger partial charge >= 0.3 is 0 Å². The highest BCUT2D eigenvalue weighted by molar-refractivity contribution is 5.39. The number of nitrogens with zero attached hydrogens (tertiary/aromatic N) is 1. The van der Waals surface area contributed by atoms with Crippen molar-refractivity contribution < 1.29 is 20.8 Å². The number of carboxylic acid groups (broad SMARTS) is 1. The van der Waals surface area contributed by atoms with Crippen molar-refractivity contribution in [1.82, 2.24) is 4.90 Å². The summed E-state index contributed by atoms with van der Waals surface area (Å²) in [7, 11) is 5.54. The first kappa shape index (κ1) is 20.3. The molecule has 1 aliphatic carbocycles. The molecule has 0 spiro atoms. The molecule has 1 aromatic rings. The lowest BCUT2D eigenvalue weighted by atomic mass is 9.75. The topological polar surface area (TPSA) is 59.0 Å². The number of methoxy groups -OCH3 is 2. The summed E-state index contributed by atoms with van der Waals surface area (Å²) >= 11 is 0. The molecule has 0 aromatic heterocycles. The molecule has 1 heterocycles. The van der Waals surface area contributed by atoms with E-state index in [4.69, 9.17) is 19.4 Å². The van der Waals surface area contributed by atoms with Crippen LogP contribution in [-0.2, 0) is 4.79 Å². The van der Waals surface area contributed by atoms with E-state index in [9.17, 15) is 0 Å². The molecule has 2 atom stereocenters. The van der Waals surface area contributed by atoms with Gasteiger partial charge in [-0.25, -0.2) is 0 Å². The number of hydrogen-bond donors (Lipinski definition) is 1. The molecule has 1 aliphatic heterocycles. The van der Waals surface area contributed by atoms with Crippen molar-refractivity contribution in [2.75, 3.05) is 27.8 Å². The van der Waals surface area contributed by atoms with Gasteiger partial charge in [0.2, 0.25) is 0 Å². The number of rotatable bonds is 2. The van der Waals surface area contributed by atoms with E-state index in [2.05, 4.69) is 18.9 Å². The summed E-state index contributed by atoms with van der Waals surface area (Å²) in [5.41, 5.74) is 0.582. The van der Waals surface area contributed by atoms with Crippen LogP contribution in [0.25, 0.3) is 0 Å². The second-order valence-electron chi connectivity index (χ2n) is 6.47. The summed E-state index contributed by atoms with van der Waals surface area (Å²) in [6.45, 7) is 3.55. The standard InChI is InChI=1S/C10H19N.C8H10O2.CH2O2.H2/c1-10-7-4-3-5-9(10)6-8-11(10)2;1-9-7-5-3-4-6-8(7)10-2;2-1-3;/h9H,3-8H2,1-2H3;3-6H,1-2H3;1H,(H,2,3);1H. The average molecular weight is 339 g/mol. The fourth-order valence-corrected chi connectivity index (χ4v) is 3.74. The Balaban J connectivity index is 0.000000388. The SMILES string of the molecule is CN1CCC2CCCCC21C.COc1ccccc1OC.O=CO.[HH]. The normalized spacial score (nSPS) is 25.2. The van der Waals surface area contributed by atoms with Crippen LogP contribution >= 0.6 is 0 Å². The number of para-hydroxylation sites is 2. The Morgan fingerprint density at radius 3 is 2.21 bits per heavy atom. The Labute approximate surface area is 147 Å². The molecule has 5 heteroatoms. The third kappa shape index (κ3) is 5.13. The summed E-state index contributed by atoms with van der Waals surface area (Å²) in [4.78, 5) is 10.9. The van der Waals surface area contributed by atoms with Crippen LogP contribution < -0.4 is 9.47 Å². The monoisotopic (exact) mass is 339 g/mol. The van der Waals surface area contributed by atoms with E-state index in [-0.39, 0.29) is 7.90 Å². The van der Waals surface area contributed by atoms with E-state index in [0.717, 1.165) is 17.4 Å². The van der Waals surface area contributed by atoms with Crippen LogP contribution in [0.2, 0.25) is 0 Å². The highest BCUT2D eigenvalue weighted by Gasteiger charge is 2.43. The molecular formula is C19H33NO4. The molecule has 3 rings (SSSR count). The van der Waals surface area contributed by atoms with Gasteiger partial charge in [-0.3, -0.25) is 4.79 Å². The fraction of sp³-hybridized carbons (Fsp3) is 0.632. The van der Waals surface area contributed by atoms with Gasteiger partial charge in [0.05, 0.1) is 14.2 Å². The Morgan fingerprint density at radius 1 is 1.21 bits per heavy atom. The van der Waals surface area contributed by atoms with Gasteiger partial charge in [0.1, 0.15) is 0 Å². The van der Waals surface area contributed by atoms with Crippen molar-refractivity contribution in [3.8, 4) is 11.5 Å². The molecule has 24 heavy (non-hydrogen) atoms. The van der Waals surface area contributed by atoms with Crippen LogP contribution in [0.3, 0.4) is 0 Å². The number of hydrogen-bond acceptors (Lipinski definition) is 4.